The van der Waals surface area contributed by atoms with Crippen molar-refractivity contribution in [3.05, 3.63) is 53.6 Å². The standard InChI is InChI=1S/C19H22N2O2/c1-12(2)21-16-8-7-15(20)11-17(16)23-18(19(21)22)10-14-6-4-5-13(3)9-14/h4-9,11-12,18H,10,20H2,1-3H3. The average molecular weight is 310 g/mol. The average Bonchev–Trinajstić information content (AvgIpc) is 2.48. The van der Waals surface area contributed by atoms with Gasteiger partial charge in [0.25, 0.3) is 5.91 Å². The molecule has 0 aliphatic carbocycles. The van der Waals surface area contributed by atoms with Gasteiger partial charge in [-0.05, 0) is 38.5 Å². The quantitative estimate of drug-likeness (QED) is 0.885. The summed E-state index contributed by atoms with van der Waals surface area (Å²) in [5, 5.41) is 0. The number of nitrogen functional groups attached to an aromatic ring is 1. The Morgan fingerprint density at radius 3 is 2.70 bits per heavy atom. The Hall–Kier alpha value is -2.49. The van der Waals surface area contributed by atoms with Crippen LogP contribution in [0.5, 0.6) is 5.75 Å². The van der Waals surface area contributed by atoms with Crippen LogP contribution >= 0.6 is 0 Å². The van der Waals surface area contributed by atoms with Gasteiger partial charge >= 0.3 is 0 Å². The summed E-state index contributed by atoms with van der Waals surface area (Å²) in [5.41, 5.74) is 9.57. The van der Waals surface area contributed by atoms with Crippen molar-refractivity contribution < 1.29 is 9.53 Å². The van der Waals surface area contributed by atoms with E-state index in [0.717, 1.165) is 11.3 Å². The maximum absolute atomic E-state index is 12.9. The number of ether oxygens (including phenoxy) is 1. The molecule has 1 aliphatic rings. The lowest BCUT2D eigenvalue weighted by molar-refractivity contribution is -0.126. The molecule has 0 spiro atoms. The van der Waals surface area contributed by atoms with E-state index in [1.165, 1.54) is 5.56 Å². The summed E-state index contributed by atoms with van der Waals surface area (Å²) < 4.78 is 5.98. The van der Waals surface area contributed by atoms with Crippen molar-refractivity contribution in [2.75, 3.05) is 10.6 Å². The van der Waals surface area contributed by atoms with E-state index in [1.54, 1.807) is 17.0 Å². The molecule has 1 amide bonds. The van der Waals surface area contributed by atoms with Crippen LogP contribution in [0.3, 0.4) is 0 Å². The highest BCUT2D eigenvalue weighted by molar-refractivity contribution is 6.00. The second-order valence-electron chi connectivity index (χ2n) is 6.33. The van der Waals surface area contributed by atoms with Gasteiger partial charge in [0, 0.05) is 24.2 Å². The smallest absolute Gasteiger partial charge is 0.268 e. The number of fused-ring (bicyclic) bond motifs is 1. The molecule has 0 fully saturated rings. The van der Waals surface area contributed by atoms with Gasteiger partial charge in [0.15, 0.2) is 6.10 Å². The first-order valence-electron chi connectivity index (χ1n) is 7.90. The second-order valence-corrected chi connectivity index (χ2v) is 6.33. The number of nitrogens with two attached hydrogens (primary N) is 1. The molecule has 0 saturated carbocycles. The molecule has 0 bridgehead atoms. The highest BCUT2D eigenvalue weighted by atomic mass is 16.5. The highest BCUT2D eigenvalue weighted by Gasteiger charge is 2.35. The molecule has 2 aromatic rings. The summed E-state index contributed by atoms with van der Waals surface area (Å²) in [7, 11) is 0. The number of carbonyl (C=O) groups excluding carboxylic acids is 1. The van der Waals surface area contributed by atoms with Crippen molar-refractivity contribution in [3.8, 4) is 5.75 Å². The van der Waals surface area contributed by atoms with Crippen LogP contribution in [0, 0.1) is 6.92 Å². The van der Waals surface area contributed by atoms with E-state index in [0.29, 0.717) is 17.9 Å². The fourth-order valence-corrected chi connectivity index (χ4v) is 3.02. The minimum Gasteiger partial charge on any atom is -0.478 e. The van der Waals surface area contributed by atoms with Crippen LogP contribution in [0.25, 0.3) is 0 Å². The zero-order chi connectivity index (χ0) is 16.6. The van der Waals surface area contributed by atoms with Gasteiger partial charge in [0.2, 0.25) is 0 Å². The minimum atomic E-state index is -0.520. The Bertz CT molecular complexity index is 740. The lowest BCUT2D eigenvalue weighted by Gasteiger charge is -2.37. The van der Waals surface area contributed by atoms with Crippen molar-refractivity contribution in [2.45, 2.75) is 39.3 Å². The van der Waals surface area contributed by atoms with Gasteiger partial charge in [-0.25, -0.2) is 0 Å². The molecule has 4 heteroatoms. The summed E-state index contributed by atoms with van der Waals surface area (Å²) in [5.74, 6) is 0.676. The SMILES string of the molecule is Cc1cccc(CC2Oc3cc(N)ccc3N(C(C)C)C2=O)c1. The van der Waals surface area contributed by atoms with E-state index in [-0.39, 0.29) is 11.9 Å². The first kappa shape index (κ1) is 15.4. The lowest BCUT2D eigenvalue weighted by atomic mass is 10.0. The van der Waals surface area contributed by atoms with Crippen LogP contribution in [0.2, 0.25) is 0 Å². The Balaban J connectivity index is 1.95. The lowest BCUT2D eigenvalue weighted by Crippen LogP contribution is -2.50. The van der Waals surface area contributed by atoms with Crippen LogP contribution in [-0.2, 0) is 11.2 Å². The third-order valence-electron chi connectivity index (χ3n) is 4.05. The predicted molar refractivity (Wildman–Crippen MR) is 92.8 cm³/mol. The number of benzene rings is 2. The molecular formula is C19H22N2O2. The van der Waals surface area contributed by atoms with Crippen molar-refractivity contribution in [2.24, 2.45) is 0 Å². The Labute approximate surface area is 136 Å². The summed E-state index contributed by atoms with van der Waals surface area (Å²) in [6.45, 7) is 6.06. The number of aryl methyl sites for hydroxylation is 1. The van der Waals surface area contributed by atoms with Gasteiger partial charge in [-0.15, -0.1) is 0 Å². The molecule has 3 rings (SSSR count). The summed E-state index contributed by atoms with van der Waals surface area (Å²) >= 11 is 0. The maximum atomic E-state index is 12.9. The number of anilines is 2. The van der Waals surface area contributed by atoms with Crippen LogP contribution in [0.1, 0.15) is 25.0 Å². The van der Waals surface area contributed by atoms with E-state index in [4.69, 9.17) is 10.5 Å². The third-order valence-corrected chi connectivity index (χ3v) is 4.05. The number of nitrogens with zero attached hydrogens (tertiary/aromatic N) is 1. The van der Waals surface area contributed by atoms with Crippen molar-refractivity contribution in [1.29, 1.82) is 0 Å². The van der Waals surface area contributed by atoms with E-state index in [2.05, 4.69) is 6.07 Å². The number of amides is 1. The fourth-order valence-electron chi connectivity index (χ4n) is 3.02. The van der Waals surface area contributed by atoms with Crippen molar-refractivity contribution >= 4 is 17.3 Å². The Kier molecular flexibility index (Phi) is 3.99. The van der Waals surface area contributed by atoms with Crippen molar-refractivity contribution in [3.63, 3.8) is 0 Å². The molecule has 2 N–H and O–H groups in total. The van der Waals surface area contributed by atoms with Crippen LogP contribution in [0.4, 0.5) is 11.4 Å². The zero-order valence-electron chi connectivity index (χ0n) is 13.7. The molecule has 2 aromatic carbocycles. The minimum absolute atomic E-state index is 0.00113. The van der Waals surface area contributed by atoms with Gasteiger partial charge in [0.05, 0.1) is 5.69 Å². The first-order valence-corrected chi connectivity index (χ1v) is 7.90. The van der Waals surface area contributed by atoms with E-state index in [1.807, 2.05) is 45.0 Å². The van der Waals surface area contributed by atoms with Gasteiger partial charge in [-0.1, -0.05) is 29.8 Å². The van der Waals surface area contributed by atoms with Gasteiger partial charge in [0.1, 0.15) is 5.75 Å². The van der Waals surface area contributed by atoms with Crippen molar-refractivity contribution in [1.82, 2.24) is 0 Å². The maximum Gasteiger partial charge on any atom is 0.268 e. The normalized spacial score (nSPS) is 17.1. The zero-order valence-corrected chi connectivity index (χ0v) is 13.7. The van der Waals surface area contributed by atoms with Crippen LogP contribution < -0.4 is 15.4 Å². The largest absolute Gasteiger partial charge is 0.478 e. The molecule has 0 saturated heterocycles. The van der Waals surface area contributed by atoms with E-state index >= 15 is 0 Å². The van der Waals surface area contributed by atoms with E-state index in [9.17, 15) is 4.79 Å². The number of carbonyl (C=O) groups is 1. The molecule has 0 aromatic heterocycles. The monoisotopic (exact) mass is 310 g/mol. The van der Waals surface area contributed by atoms with Crippen LogP contribution in [-0.4, -0.2) is 18.1 Å². The molecule has 1 unspecified atom stereocenters. The second kappa shape index (κ2) is 5.95. The Morgan fingerprint density at radius 1 is 1.22 bits per heavy atom. The van der Waals surface area contributed by atoms with Gasteiger partial charge in [-0.2, -0.15) is 0 Å². The number of hydrogen-bond donors (Lipinski definition) is 1. The highest BCUT2D eigenvalue weighted by Crippen LogP contribution is 2.37. The molecule has 4 nitrogen and oxygen atoms in total. The number of rotatable bonds is 3. The summed E-state index contributed by atoms with van der Waals surface area (Å²) in [6.07, 6.45) is 0.0336. The van der Waals surface area contributed by atoms with Crippen LogP contribution in [0.15, 0.2) is 42.5 Å². The fraction of sp³-hybridized carbons (Fsp3) is 0.316. The molecule has 0 radical (unpaired) electrons. The molecule has 120 valence electrons. The van der Waals surface area contributed by atoms with Gasteiger partial charge in [-0.3, -0.25) is 4.79 Å². The molecule has 23 heavy (non-hydrogen) atoms. The molecular weight excluding hydrogens is 288 g/mol. The molecule has 1 heterocycles. The van der Waals surface area contributed by atoms with Gasteiger partial charge < -0.3 is 15.4 Å². The molecule has 1 atom stereocenters. The molecule has 1 aliphatic heterocycles. The summed E-state index contributed by atoms with van der Waals surface area (Å²) in [4.78, 5) is 14.7. The third kappa shape index (κ3) is 3.02. The topological polar surface area (TPSA) is 55.6 Å². The number of hydrogen-bond acceptors (Lipinski definition) is 3. The summed E-state index contributed by atoms with van der Waals surface area (Å²) in [6, 6.07) is 13.7. The predicted octanol–water partition coefficient (Wildman–Crippen LogP) is 3.32. The van der Waals surface area contributed by atoms with E-state index < -0.39 is 6.10 Å². The first-order chi connectivity index (χ1) is 11.0. The Morgan fingerprint density at radius 2 is 2.00 bits per heavy atom.